The molecule has 0 radical (unpaired) electrons. The van der Waals surface area contributed by atoms with E-state index in [1.807, 2.05) is 6.92 Å². The Labute approximate surface area is 133 Å². The minimum atomic E-state index is -2.75. The van der Waals surface area contributed by atoms with Crippen LogP contribution in [0.3, 0.4) is 0 Å². The second kappa shape index (κ2) is 6.64. The average molecular weight is 329 g/mol. The topological polar surface area (TPSA) is 75.4 Å². The predicted octanol–water partition coefficient (Wildman–Crippen LogP) is 2.15. The Morgan fingerprint density at radius 2 is 2.00 bits per heavy atom. The predicted molar refractivity (Wildman–Crippen MR) is 78.2 cm³/mol. The Morgan fingerprint density at radius 3 is 2.52 bits per heavy atom. The maximum atomic E-state index is 12.9. The van der Waals surface area contributed by atoms with Gasteiger partial charge in [0.25, 0.3) is 0 Å². The Bertz CT molecular complexity index is 615. The van der Waals surface area contributed by atoms with E-state index < -0.39 is 18.4 Å². The number of carbonyl (C=O) groups excluding carboxylic acids is 1. The molecule has 1 aliphatic heterocycles. The van der Waals surface area contributed by atoms with Crippen molar-refractivity contribution in [2.24, 2.45) is 5.92 Å². The summed E-state index contributed by atoms with van der Waals surface area (Å²) < 4.78 is 26.3. The molecule has 1 aromatic rings. The van der Waals surface area contributed by atoms with Crippen molar-refractivity contribution in [2.45, 2.75) is 52.6 Å². The van der Waals surface area contributed by atoms with Crippen molar-refractivity contribution in [1.82, 2.24) is 14.7 Å². The molecule has 0 spiro atoms. The maximum absolute atomic E-state index is 12.9. The van der Waals surface area contributed by atoms with Crippen LogP contribution in [0.4, 0.5) is 8.78 Å². The van der Waals surface area contributed by atoms with E-state index in [2.05, 4.69) is 5.10 Å². The number of rotatable bonds is 4. The summed E-state index contributed by atoms with van der Waals surface area (Å²) in [6.45, 7) is 2.39. The molecule has 0 saturated carbocycles. The van der Waals surface area contributed by atoms with Gasteiger partial charge in [0, 0.05) is 23.8 Å². The SMILES string of the molecule is Cc1nn(C(F)F)c(C)c1CC(=O)N1CC(C(=O)O)CCC1C. The van der Waals surface area contributed by atoms with Crippen LogP contribution in [-0.2, 0) is 16.0 Å². The molecule has 0 aromatic carbocycles. The van der Waals surface area contributed by atoms with Gasteiger partial charge in [-0.25, -0.2) is 4.68 Å². The quantitative estimate of drug-likeness (QED) is 0.918. The fourth-order valence-electron chi connectivity index (χ4n) is 3.05. The number of halogens is 2. The van der Waals surface area contributed by atoms with Crippen LogP contribution in [-0.4, -0.2) is 44.3 Å². The summed E-state index contributed by atoms with van der Waals surface area (Å²) in [6, 6.07) is -0.0520. The van der Waals surface area contributed by atoms with E-state index in [9.17, 15) is 18.4 Å². The third-order valence-corrected chi connectivity index (χ3v) is 4.54. The number of alkyl halides is 2. The van der Waals surface area contributed by atoms with E-state index in [0.29, 0.717) is 28.8 Å². The number of piperidine rings is 1. The van der Waals surface area contributed by atoms with Crippen molar-refractivity contribution in [2.75, 3.05) is 6.54 Å². The number of hydrogen-bond acceptors (Lipinski definition) is 3. The zero-order valence-electron chi connectivity index (χ0n) is 13.4. The van der Waals surface area contributed by atoms with Crippen LogP contribution in [0.25, 0.3) is 0 Å². The smallest absolute Gasteiger partial charge is 0.333 e. The van der Waals surface area contributed by atoms with Crippen LogP contribution in [0, 0.1) is 19.8 Å². The van der Waals surface area contributed by atoms with Crippen molar-refractivity contribution in [1.29, 1.82) is 0 Å². The van der Waals surface area contributed by atoms with Crippen LogP contribution < -0.4 is 0 Å². The first-order chi connectivity index (χ1) is 10.7. The molecule has 23 heavy (non-hydrogen) atoms. The Hall–Kier alpha value is -1.99. The van der Waals surface area contributed by atoms with Crippen LogP contribution in [0.15, 0.2) is 0 Å². The molecular formula is C15H21F2N3O3. The second-order valence-corrected chi connectivity index (χ2v) is 6.06. The zero-order chi connectivity index (χ0) is 17.3. The molecule has 6 nitrogen and oxygen atoms in total. The normalized spacial score (nSPS) is 21.7. The molecule has 2 rings (SSSR count). The van der Waals surface area contributed by atoms with Gasteiger partial charge in [-0.15, -0.1) is 0 Å². The van der Waals surface area contributed by atoms with Crippen LogP contribution in [0.1, 0.15) is 43.3 Å². The van der Waals surface area contributed by atoms with Crippen LogP contribution in [0.2, 0.25) is 0 Å². The number of amides is 1. The van der Waals surface area contributed by atoms with E-state index in [-0.39, 0.29) is 30.6 Å². The molecular weight excluding hydrogens is 308 g/mol. The summed E-state index contributed by atoms with van der Waals surface area (Å²) in [5, 5.41) is 12.9. The molecule has 0 bridgehead atoms. The van der Waals surface area contributed by atoms with E-state index in [1.165, 1.54) is 6.92 Å². The van der Waals surface area contributed by atoms with Gasteiger partial charge in [-0.1, -0.05) is 0 Å². The number of likely N-dealkylation sites (tertiary alicyclic amines) is 1. The van der Waals surface area contributed by atoms with Gasteiger partial charge < -0.3 is 10.0 Å². The number of nitrogens with zero attached hydrogens (tertiary/aromatic N) is 3. The van der Waals surface area contributed by atoms with Crippen molar-refractivity contribution in [3.8, 4) is 0 Å². The second-order valence-electron chi connectivity index (χ2n) is 6.06. The third-order valence-electron chi connectivity index (χ3n) is 4.54. The number of carboxylic acid groups (broad SMARTS) is 1. The molecule has 1 saturated heterocycles. The van der Waals surface area contributed by atoms with Crippen LogP contribution in [0.5, 0.6) is 0 Å². The highest BCUT2D eigenvalue weighted by Gasteiger charge is 2.33. The highest BCUT2D eigenvalue weighted by Crippen LogP contribution is 2.25. The summed E-state index contributed by atoms with van der Waals surface area (Å²) in [5.74, 6) is -1.72. The lowest BCUT2D eigenvalue weighted by Crippen LogP contribution is -2.48. The van der Waals surface area contributed by atoms with Gasteiger partial charge in [0.2, 0.25) is 5.91 Å². The number of aryl methyl sites for hydroxylation is 1. The molecule has 2 unspecified atom stereocenters. The van der Waals surface area contributed by atoms with E-state index in [1.54, 1.807) is 11.8 Å². The first-order valence-corrected chi connectivity index (χ1v) is 7.57. The average Bonchev–Trinajstić information content (AvgIpc) is 2.75. The Morgan fingerprint density at radius 1 is 1.35 bits per heavy atom. The van der Waals surface area contributed by atoms with E-state index >= 15 is 0 Å². The molecule has 1 amide bonds. The molecule has 0 aliphatic carbocycles. The van der Waals surface area contributed by atoms with Crippen molar-refractivity contribution >= 4 is 11.9 Å². The largest absolute Gasteiger partial charge is 0.481 e. The third kappa shape index (κ3) is 3.51. The molecule has 128 valence electrons. The maximum Gasteiger partial charge on any atom is 0.333 e. The van der Waals surface area contributed by atoms with Gasteiger partial charge in [0.1, 0.15) is 0 Å². The lowest BCUT2D eigenvalue weighted by atomic mass is 9.93. The number of aromatic nitrogens is 2. The summed E-state index contributed by atoms with van der Waals surface area (Å²) in [7, 11) is 0. The highest BCUT2D eigenvalue weighted by atomic mass is 19.3. The minimum absolute atomic E-state index is 0.0406. The molecule has 1 fully saturated rings. The fraction of sp³-hybridized carbons (Fsp3) is 0.667. The number of hydrogen-bond donors (Lipinski definition) is 1. The van der Waals surface area contributed by atoms with Gasteiger partial charge in [-0.05, 0) is 33.6 Å². The van der Waals surface area contributed by atoms with Gasteiger partial charge >= 0.3 is 12.5 Å². The number of aliphatic carboxylic acids is 1. The zero-order valence-corrected chi connectivity index (χ0v) is 13.4. The first kappa shape index (κ1) is 17.4. The fourth-order valence-corrected chi connectivity index (χ4v) is 3.05. The summed E-state index contributed by atoms with van der Waals surface area (Å²) in [5.41, 5.74) is 1.15. The first-order valence-electron chi connectivity index (χ1n) is 7.57. The van der Waals surface area contributed by atoms with Crippen molar-refractivity contribution < 1.29 is 23.5 Å². The lowest BCUT2D eigenvalue weighted by Gasteiger charge is -2.36. The van der Waals surface area contributed by atoms with E-state index in [4.69, 9.17) is 5.11 Å². The summed E-state index contributed by atoms with van der Waals surface area (Å²) in [6.07, 6.45) is 1.12. The van der Waals surface area contributed by atoms with Gasteiger partial charge in [0.05, 0.1) is 18.0 Å². The molecule has 2 heterocycles. The van der Waals surface area contributed by atoms with Gasteiger partial charge in [-0.3, -0.25) is 9.59 Å². The molecule has 8 heteroatoms. The number of carboxylic acids is 1. The summed E-state index contributed by atoms with van der Waals surface area (Å²) in [4.78, 5) is 25.2. The number of carbonyl (C=O) groups is 2. The molecule has 1 aliphatic rings. The summed E-state index contributed by atoms with van der Waals surface area (Å²) >= 11 is 0. The van der Waals surface area contributed by atoms with Crippen LogP contribution >= 0.6 is 0 Å². The Balaban J connectivity index is 2.16. The standard InChI is InChI=1S/C15H21F2N3O3/c1-8-4-5-11(14(22)23)7-19(8)13(21)6-12-9(2)18-20(10(12)3)15(16)17/h8,11,15H,4-7H2,1-3H3,(H,22,23). The van der Waals surface area contributed by atoms with Gasteiger partial charge in [-0.2, -0.15) is 13.9 Å². The molecule has 1 aromatic heterocycles. The lowest BCUT2D eigenvalue weighted by molar-refractivity contribution is -0.147. The monoisotopic (exact) mass is 329 g/mol. The van der Waals surface area contributed by atoms with Crippen molar-refractivity contribution in [3.05, 3.63) is 17.0 Å². The van der Waals surface area contributed by atoms with Crippen molar-refractivity contribution in [3.63, 3.8) is 0 Å². The van der Waals surface area contributed by atoms with Gasteiger partial charge in [0.15, 0.2) is 0 Å². The molecule has 2 atom stereocenters. The highest BCUT2D eigenvalue weighted by molar-refractivity contribution is 5.81. The minimum Gasteiger partial charge on any atom is -0.481 e. The Kier molecular flexibility index (Phi) is 5.01. The van der Waals surface area contributed by atoms with E-state index in [0.717, 1.165) is 0 Å². The molecule has 1 N–H and O–H groups in total.